The lowest BCUT2D eigenvalue weighted by atomic mass is 10.1. The van der Waals surface area contributed by atoms with Crippen molar-refractivity contribution in [2.24, 2.45) is 0 Å². The molecule has 5 rings (SSSR count). The second-order valence-corrected chi connectivity index (χ2v) is 10.5. The summed E-state index contributed by atoms with van der Waals surface area (Å²) in [4.78, 5) is 21.6. The Kier molecular flexibility index (Phi) is 7.76. The molecule has 0 radical (unpaired) electrons. The number of benzene rings is 4. The van der Waals surface area contributed by atoms with E-state index in [4.69, 9.17) is 9.47 Å². The number of rotatable bonds is 9. The highest BCUT2D eigenvalue weighted by Crippen LogP contribution is 2.31. The SMILES string of the molecule is COc1cc(O)cc(Nc2nc3ccccc3nc2NS(=O)(=O)c2cccc(NC(=O)c3c(F)cccc3OC)c2)c1. The van der Waals surface area contributed by atoms with Crippen molar-refractivity contribution in [2.75, 3.05) is 29.6 Å². The van der Waals surface area contributed by atoms with Gasteiger partial charge in [-0.15, -0.1) is 0 Å². The van der Waals surface area contributed by atoms with Crippen molar-refractivity contribution in [3.63, 3.8) is 0 Å². The van der Waals surface area contributed by atoms with Crippen LogP contribution in [-0.4, -0.2) is 43.6 Å². The Morgan fingerprint density at radius 3 is 2.26 bits per heavy atom. The lowest BCUT2D eigenvalue weighted by molar-refractivity contribution is 0.102. The van der Waals surface area contributed by atoms with Gasteiger partial charge in [-0.2, -0.15) is 0 Å². The zero-order valence-electron chi connectivity index (χ0n) is 22.3. The molecule has 0 saturated heterocycles. The first-order valence-electron chi connectivity index (χ1n) is 12.4. The first-order chi connectivity index (χ1) is 20.2. The average molecular weight is 590 g/mol. The standard InChI is InChI=1S/C29H24FN5O6S/c1-40-20-14-18(13-19(36)16-20)31-27-28(34-24-11-4-3-10-23(24)33-27)35-42(38,39)21-8-5-7-17(15-21)32-29(37)26-22(30)9-6-12-25(26)41-2/h3-16,36H,1-2H3,(H,31,33)(H,32,37)(H,34,35). The highest BCUT2D eigenvalue weighted by Gasteiger charge is 2.22. The van der Waals surface area contributed by atoms with Crippen molar-refractivity contribution in [1.29, 1.82) is 0 Å². The number of para-hydroxylation sites is 2. The smallest absolute Gasteiger partial charge is 0.263 e. The van der Waals surface area contributed by atoms with Crippen molar-refractivity contribution in [3.8, 4) is 17.2 Å². The molecule has 0 bridgehead atoms. The molecular weight excluding hydrogens is 565 g/mol. The molecule has 0 atom stereocenters. The van der Waals surface area contributed by atoms with Crippen molar-refractivity contribution in [1.82, 2.24) is 9.97 Å². The highest BCUT2D eigenvalue weighted by atomic mass is 32.2. The van der Waals surface area contributed by atoms with Gasteiger partial charge in [-0.05, 0) is 42.5 Å². The monoisotopic (exact) mass is 589 g/mol. The minimum absolute atomic E-state index is 0.0252. The van der Waals surface area contributed by atoms with Gasteiger partial charge in [-0.1, -0.05) is 24.3 Å². The van der Waals surface area contributed by atoms with Gasteiger partial charge in [-0.25, -0.2) is 22.8 Å². The Balaban J connectivity index is 1.47. The summed E-state index contributed by atoms with van der Waals surface area (Å²) in [5.41, 5.74) is 1.06. The molecule has 0 aliphatic rings. The van der Waals surface area contributed by atoms with Crippen LogP contribution < -0.4 is 24.8 Å². The number of anilines is 4. The molecule has 0 spiro atoms. The number of carbonyl (C=O) groups is 1. The van der Waals surface area contributed by atoms with Gasteiger partial charge in [0.25, 0.3) is 15.9 Å². The van der Waals surface area contributed by atoms with Gasteiger partial charge in [0.2, 0.25) is 0 Å². The maximum atomic E-state index is 14.4. The summed E-state index contributed by atoms with van der Waals surface area (Å²) in [5.74, 6) is -1.38. The summed E-state index contributed by atoms with van der Waals surface area (Å²) in [7, 11) is -1.53. The Hall–Kier alpha value is -5.43. The van der Waals surface area contributed by atoms with Crippen molar-refractivity contribution in [3.05, 3.63) is 96.3 Å². The summed E-state index contributed by atoms with van der Waals surface area (Å²) in [6, 6.07) is 20.7. The van der Waals surface area contributed by atoms with Crippen LogP contribution in [0.5, 0.6) is 17.2 Å². The third kappa shape index (κ3) is 6.00. The quantitative estimate of drug-likeness (QED) is 0.180. The lowest BCUT2D eigenvalue weighted by Gasteiger charge is -2.15. The van der Waals surface area contributed by atoms with Crippen molar-refractivity contribution < 1.29 is 32.2 Å². The Bertz CT molecular complexity index is 1920. The summed E-state index contributed by atoms with van der Waals surface area (Å²) in [6.07, 6.45) is 0. The highest BCUT2D eigenvalue weighted by molar-refractivity contribution is 7.92. The van der Waals surface area contributed by atoms with Gasteiger partial charge in [0.05, 0.1) is 30.1 Å². The zero-order valence-corrected chi connectivity index (χ0v) is 23.1. The van der Waals surface area contributed by atoms with Crippen LogP contribution in [0.4, 0.5) is 27.4 Å². The number of carbonyl (C=O) groups excluding carboxylic acids is 1. The van der Waals surface area contributed by atoms with Gasteiger partial charge >= 0.3 is 0 Å². The van der Waals surface area contributed by atoms with Gasteiger partial charge in [0.1, 0.15) is 28.6 Å². The number of nitrogens with one attached hydrogen (secondary N) is 3. The molecule has 0 unspecified atom stereocenters. The lowest BCUT2D eigenvalue weighted by Crippen LogP contribution is -2.18. The van der Waals surface area contributed by atoms with E-state index in [1.165, 1.54) is 62.8 Å². The third-order valence-electron chi connectivity index (χ3n) is 6.02. The minimum Gasteiger partial charge on any atom is -0.508 e. The summed E-state index contributed by atoms with van der Waals surface area (Å²) < 4.78 is 54.1. The second-order valence-electron chi connectivity index (χ2n) is 8.86. The molecule has 0 saturated carbocycles. The van der Waals surface area contributed by atoms with Crippen LogP contribution >= 0.6 is 0 Å². The molecule has 4 N–H and O–H groups in total. The van der Waals surface area contributed by atoms with Crippen LogP contribution in [0, 0.1) is 5.82 Å². The minimum atomic E-state index is -4.28. The number of methoxy groups -OCH3 is 2. The van der Waals surface area contributed by atoms with E-state index in [1.807, 2.05) is 0 Å². The van der Waals surface area contributed by atoms with Crippen molar-refractivity contribution >= 4 is 50.0 Å². The Labute approximate surface area is 240 Å². The third-order valence-corrected chi connectivity index (χ3v) is 7.35. The maximum absolute atomic E-state index is 14.4. The average Bonchev–Trinajstić information content (AvgIpc) is 2.96. The molecule has 5 aromatic rings. The fourth-order valence-corrected chi connectivity index (χ4v) is 5.14. The number of fused-ring (bicyclic) bond motifs is 1. The maximum Gasteiger partial charge on any atom is 0.263 e. The number of sulfonamides is 1. The molecule has 42 heavy (non-hydrogen) atoms. The van der Waals surface area contributed by atoms with Crippen molar-refractivity contribution in [2.45, 2.75) is 4.90 Å². The molecule has 0 aliphatic carbocycles. The van der Waals surface area contributed by atoms with E-state index >= 15 is 0 Å². The number of aromatic nitrogens is 2. The number of phenolic OH excluding ortho intramolecular Hbond substituents is 1. The predicted molar refractivity (Wildman–Crippen MR) is 156 cm³/mol. The normalized spacial score (nSPS) is 11.1. The fraction of sp³-hybridized carbons (Fsp3) is 0.0690. The number of amides is 1. The van der Waals surface area contributed by atoms with E-state index in [0.29, 0.717) is 22.5 Å². The number of hydrogen-bond acceptors (Lipinski definition) is 9. The van der Waals surface area contributed by atoms with Gasteiger partial charge in [0, 0.05) is 29.6 Å². The zero-order chi connectivity index (χ0) is 29.9. The van der Waals surface area contributed by atoms with Crippen LogP contribution in [0.25, 0.3) is 11.0 Å². The summed E-state index contributed by atoms with van der Waals surface area (Å²) in [6.45, 7) is 0. The Morgan fingerprint density at radius 2 is 1.55 bits per heavy atom. The number of hydrogen-bond donors (Lipinski definition) is 4. The van der Waals surface area contributed by atoms with E-state index in [1.54, 1.807) is 30.3 Å². The molecule has 214 valence electrons. The van der Waals surface area contributed by atoms with Crippen LogP contribution in [-0.2, 0) is 10.0 Å². The van der Waals surface area contributed by atoms with Crippen LogP contribution in [0.3, 0.4) is 0 Å². The van der Waals surface area contributed by atoms with Crippen LogP contribution in [0.15, 0.2) is 89.8 Å². The molecule has 1 aromatic heterocycles. The number of aromatic hydroxyl groups is 1. The fourth-order valence-electron chi connectivity index (χ4n) is 4.08. The molecule has 1 heterocycles. The first-order valence-corrected chi connectivity index (χ1v) is 13.8. The molecule has 4 aromatic carbocycles. The van der Waals surface area contributed by atoms with Crippen LogP contribution in [0.1, 0.15) is 10.4 Å². The number of phenols is 1. The number of nitrogens with zero attached hydrogens (tertiary/aromatic N) is 2. The number of halogens is 1. The summed E-state index contributed by atoms with van der Waals surface area (Å²) in [5, 5.41) is 15.5. The van der Waals surface area contributed by atoms with E-state index in [9.17, 15) is 22.7 Å². The molecular formula is C29H24FN5O6S. The molecule has 13 heteroatoms. The topological polar surface area (TPSA) is 152 Å². The first kappa shape index (κ1) is 28.1. The van der Waals surface area contributed by atoms with E-state index in [-0.39, 0.29) is 39.3 Å². The summed E-state index contributed by atoms with van der Waals surface area (Å²) >= 11 is 0. The predicted octanol–water partition coefficient (Wildman–Crippen LogP) is 5.29. The molecule has 1 amide bonds. The molecule has 11 nitrogen and oxygen atoms in total. The second kappa shape index (κ2) is 11.6. The van der Waals surface area contributed by atoms with Crippen LogP contribution in [0.2, 0.25) is 0 Å². The van der Waals surface area contributed by atoms with E-state index in [2.05, 4.69) is 25.3 Å². The van der Waals surface area contributed by atoms with Gasteiger partial charge < -0.3 is 25.2 Å². The molecule has 0 aliphatic heterocycles. The van der Waals surface area contributed by atoms with E-state index in [0.717, 1.165) is 6.07 Å². The number of ether oxygens (including phenoxy) is 2. The molecule has 0 fully saturated rings. The Morgan fingerprint density at radius 1 is 0.833 bits per heavy atom. The largest absolute Gasteiger partial charge is 0.508 e. The van der Waals surface area contributed by atoms with Gasteiger partial charge in [-0.3, -0.25) is 9.52 Å². The van der Waals surface area contributed by atoms with Gasteiger partial charge in [0.15, 0.2) is 11.6 Å². The van der Waals surface area contributed by atoms with E-state index < -0.39 is 21.7 Å².